The van der Waals surface area contributed by atoms with E-state index in [0.717, 1.165) is 44.3 Å². The molecule has 0 saturated heterocycles. The smallest absolute Gasteiger partial charge is 0.319 e. The van der Waals surface area contributed by atoms with Crippen LogP contribution in [-0.4, -0.2) is 41.5 Å². The molecule has 0 fully saturated rings. The Balaban J connectivity index is 1.72. The number of rotatable bonds is 11. The molecule has 196 valence electrons. The number of carbonyl (C=O) groups excluding carboxylic acids is 2. The Labute approximate surface area is 215 Å². The lowest BCUT2D eigenvalue weighted by Gasteiger charge is -2.22. The van der Waals surface area contributed by atoms with Crippen LogP contribution in [0.5, 0.6) is 0 Å². The van der Waals surface area contributed by atoms with Gasteiger partial charge in [0.2, 0.25) is 0 Å². The lowest BCUT2D eigenvalue weighted by atomic mass is 10.0. The topological polar surface area (TPSA) is 112 Å². The summed E-state index contributed by atoms with van der Waals surface area (Å²) >= 11 is 0. The molecule has 0 bridgehead atoms. The van der Waals surface area contributed by atoms with Gasteiger partial charge in [0.05, 0.1) is 17.4 Å². The fraction of sp³-hybridized carbons (Fsp3) is 0.296. The summed E-state index contributed by atoms with van der Waals surface area (Å²) in [6.45, 7) is 6.84. The number of para-hydroxylation sites is 2. The molecule has 10 heteroatoms. The molecule has 1 aromatic heterocycles. The first-order valence-corrected chi connectivity index (χ1v) is 12.2. The van der Waals surface area contributed by atoms with Gasteiger partial charge in [-0.2, -0.15) is 0 Å². The summed E-state index contributed by atoms with van der Waals surface area (Å²) in [4.78, 5) is 31.8. The number of carbonyl (C=O) groups is 2. The Kier molecular flexibility index (Phi) is 9.91. The zero-order valence-corrected chi connectivity index (χ0v) is 20.9. The minimum Gasteiger partial charge on any atom is -0.397 e. The number of benzene rings is 2. The number of pyridine rings is 1. The monoisotopic (exact) mass is 510 g/mol. The molecule has 3 aromatic rings. The van der Waals surface area contributed by atoms with E-state index >= 15 is 0 Å². The van der Waals surface area contributed by atoms with Gasteiger partial charge in [-0.1, -0.05) is 32.0 Å². The molecule has 3 amide bonds. The fourth-order valence-corrected chi connectivity index (χ4v) is 3.88. The number of amides is 3. The number of hydrogen-bond acceptors (Lipinski definition) is 5. The minimum atomic E-state index is -0.790. The molecule has 0 spiro atoms. The second-order valence-corrected chi connectivity index (χ2v) is 8.50. The lowest BCUT2D eigenvalue weighted by molar-refractivity contribution is 0.102. The molecule has 2 aromatic carbocycles. The van der Waals surface area contributed by atoms with Gasteiger partial charge in [-0.25, -0.2) is 13.6 Å². The summed E-state index contributed by atoms with van der Waals surface area (Å²) in [5.41, 5.74) is 7.70. The number of nitrogens with two attached hydrogens (primary N) is 1. The summed E-state index contributed by atoms with van der Waals surface area (Å²) < 4.78 is 27.0. The number of anilines is 3. The van der Waals surface area contributed by atoms with Crippen molar-refractivity contribution in [2.24, 2.45) is 0 Å². The molecule has 3 rings (SSSR count). The third-order valence-corrected chi connectivity index (χ3v) is 5.92. The summed E-state index contributed by atoms with van der Waals surface area (Å²) in [7, 11) is 0. The normalized spacial score (nSPS) is 11.7. The van der Waals surface area contributed by atoms with Gasteiger partial charge in [0.25, 0.3) is 5.91 Å². The third kappa shape index (κ3) is 8.25. The predicted octanol–water partition coefficient (Wildman–Crippen LogP) is 5.18. The van der Waals surface area contributed by atoms with Crippen molar-refractivity contribution < 1.29 is 18.4 Å². The van der Waals surface area contributed by atoms with Crippen molar-refractivity contribution >= 4 is 29.0 Å². The molecular weight excluding hydrogens is 478 g/mol. The van der Waals surface area contributed by atoms with E-state index in [9.17, 15) is 18.4 Å². The van der Waals surface area contributed by atoms with E-state index in [2.05, 4.69) is 39.7 Å². The number of nitrogen functional groups attached to an aromatic ring is 1. The van der Waals surface area contributed by atoms with Gasteiger partial charge in [-0.3, -0.25) is 9.78 Å². The van der Waals surface area contributed by atoms with Crippen LogP contribution in [0.2, 0.25) is 0 Å². The Bertz CT molecular complexity index is 1180. The average molecular weight is 511 g/mol. The van der Waals surface area contributed by atoms with Crippen LogP contribution in [0, 0.1) is 11.6 Å². The van der Waals surface area contributed by atoms with Crippen molar-refractivity contribution in [3.63, 3.8) is 0 Å². The molecular formula is C27H32F2N6O2. The van der Waals surface area contributed by atoms with E-state index in [1.54, 1.807) is 36.4 Å². The zero-order valence-electron chi connectivity index (χ0n) is 20.9. The summed E-state index contributed by atoms with van der Waals surface area (Å²) in [6, 6.07) is 12.0. The largest absolute Gasteiger partial charge is 0.397 e. The van der Waals surface area contributed by atoms with Crippen LogP contribution in [-0.2, 0) is 0 Å². The van der Waals surface area contributed by atoms with Gasteiger partial charge in [0.15, 0.2) is 0 Å². The molecule has 8 nitrogen and oxygen atoms in total. The number of nitrogens with one attached hydrogen (secondary N) is 3. The Morgan fingerprint density at radius 2 is 1.70 bits per heavy atom. The molecule has 0 saturated carbocycles. The van der Waals surface area contributed by atoms with Gasteiger partial charge in [0.1, 0.15) is 17.3 Å². The van der Waals surface area contributed by atoms with E-state index in [0.29, 0.717) is 23.4 Å². The summed E-state index contributed by atoms with van der Waals surface area (Å²) in [5.74, 6) is -2.00. The van der Waals surface area contributed by atoms with Crippen molar-refractivity contribution in [3.8, 4) is 0 Å². The number of aromatic nitrogens is 1. The number of halogens is 2. The molecule has 1 atom stereocenters. The first kappa shape index (κ1) is 27.5. The molecule has 0 aliphatic carbocycles. The quantitative estimate of drug-likeness (QED) is 0.266. The van der Waals surface area contributed by atoms with Gasteiger partial charge in [-0.05, 0) is 68.4 Å². The predicted molar refractivity (Wildman–Crippen MR) is 141 cm³/mol. The van der Waals surface area contributed by atoms with Crippen molar-refractivity contribution in [2.45, 2.75) is 32.7 Å². The SMILES string of the molecule is CCN(CC)CCCC(NC(=O)Nc1cc(F)cc(F)c1)c1ccc(C(=O)Nc2ccccc2N)nc1. The first-order chi connectivity index (χ1) is 17.8. The molecule has 0 radical (unpaired) electrons. The molecule has 0 aliphatic rings. The highest BCUT2D eigenvalue weighted by atomic mass is 19.1. The zero-order chi connectivity index (χ0) is 26.8. The van der Waals surface area contributed by atoms with Gasteiger partial charge in [-0.15, -0.1) is 0 Å². The Morgan fingerprint density at radius 1 is 1.00 bits per heavy atom. The second-order valence-electron chi connectivity index (χ2n) is 8.50. The standard InChI is InChI=1S/C27H32F2N6O2/c1-3-35(4-2)13-7-10-23(34-27(37)32-21-15-19(28)14-20(29)16-21)18-11-12-25(31-17-18)26(36)33-24-9-6-5-8-22(24)30/h5-6,8-9,11-12,14-17,23H,3-4,7,10,13,30H2,1-2H3,(H,33,36)(H2,32,34,37). The van der Waals surface area contributed by atoms with Crippen LogP contribution in [0.1, 0.15) is 48.8 Å². The minimum absolute atomic E-state index is 0.00206. The van der Waals surface area contributed by atoms with Crippen LogP contribution in [0.15, 0.2) is 60.8 Å². The molecule has 0 aliphatic heterocycles. The van der Waals surface area contributed by atoms with E-state index < -0.39 is 29.6 Å². The van der Waals surface area contributed by atoms with Gasteiger partial charge < -0.3 is 26.6 Å². The number of urea groups is 1. The lowest BCUT2D eigenvalue weighted by Crippen LogP contribution is -2.33. The van der Waals surface area contributed by atoms with E-state index in [1.165, 1.54) is 6.20 Å². The van der Waals surface area contributed by atoms with Crippen LogP contribution >= 0.6 is 0 Å². The highest BCUT2D eigenvalue weighted by Gasteiger charge is 2.18. The molecule has 5 N–H and O–H groups in total. The van der Waals surface area contributed by atoms with Crippen LogP contribution in [0.25, 0.3) is 0 Å². The maximum Gasteiger partial charge on any atom is 0.319 e. The highest BCUT2D eigenvalue weighted by molar-refractivity contribution is 6.04. The van der Waals surface area contributed by atoms with E-state index in [-0.39, 0.29) is 11.4 Å². The van der Waals surface area contributed by atoms with Crippen molar-refractivity contribution in [3.05, 3.63) is 83.7 Å². The van der Waals surface area contributed by atoms with Crippen molar-refractivity contribution in [2.75, 3.05) is 36.0 Å². The van der Waals surface area contributed by atoms with Crippen molar-refractivity contribution in [1.29, 1.82) is 0 Å². The van der Waals surface area contributed by atoms with Crippen LogP contribution in [0.4, 0.5) is 30.6 Å². The van der Waals surface area contributed by atoms with Gasteiger partial charge >= 0.3 is 6.03 Å². The second kappa shape index (κ2) is 13.3. The van der Waals surface area contributed by atoms with Crippen LogP contribution in [0.3, 0.4) is 0 Å². The highest BCUT2D eigenvalue weighted by Crippen LogP contribution is 2.21. The Morgan fingerprint density at radius 3 is 2.32 bits per heavy atom. The maximum absolute atomic E-state index is 13.5. The molecule has 1 unspecified atom stereocenters. The average Bonchev–Trinajstić information content (AvgIpc) is 2.86. The summed E-state index contributed by atoms with van der Waals surface area (Å²) in [5, 5.41) is 8.06. The number of nitrogens with zero attached hydrogens (tertiary/aromatic N) is 2. The van der Waals surface area contributed by atoms with Gasteiger partial charge in [0, 0.05) is 18.0 Å². The van der Waals surface area contributed by atoms with E-state index in [4.69, 9.17) is 5.73 Å². The molecule has 1 heterocycles. The number of hydrogen-bond donors (Lipinski definition) is 4. The first-order valence-electron chi connectivity index (χ1n) is 12.2. The Hall–Kier alpha value is -4.05. The van der Waals surface area contributed by atoms with Crippen LogP contribution < -0.4 is 21.7 Å². The summed E-state index contributed by atoms with van der Waals surface area (Å²) in [6.07, 6.45) is 2.92. The van der Waals surface area contributed by atoms with Crippen molar-refractivity contribution in [1.82, 2.24) is 15.2 Å². The third-order valence-electron chi connectivity index (χ3n) is 5.92. The fourth-order valence-electron chi connectivity index (χ4n) is 3.88. The maximum atomic E-state index is 13.5. The van der Waals surface area contributed by atoms with E-state index in [1.807, 2.05) is 0 Å². The molecule has 37 heavy (non-hydrogen) atoms.